The van der Waals surface area contributed by atoms with Gasteiger partial charge < -0.3 is 4.90 Å². The number of hydrogen-bond donors (Lipinski definition) is 0. The minimum Gasteiger partial charge on any atom is -0.332 e. The van der Waals surface area contributed by atoms with Gasteiger partial charge in [-0.25, -0.2) is 0 Å². The molecule has 4 rings (SSSR count). The maximum absolute atomic E-state index is 13.5. The third-order valence-electron chi connectivity index (χ3n) is 5.16. The highest BCUT2D eigenvalue weighted by molar-refractivity contribution is 6.06. The van der Waals surface area contributed by atoms with Gasteiger partial charge in [0, 0.05) is 30.0 Å². The van der Waals surface area contributed by atoms with Crippen LogP contribution in [0.1, 0.15) is 52.5 Å². The number of piperidine rings is 1. The molecule has 3 aromatic rings. The quantitative estimate of drug-likeness (QED) is 0.681. The second-order valence-corrected chi connectivity index (χ2v) is 7.13. The van der Waals surface area contributed by atoms with E-state index in [1.165, 1.54) is 0 Å². The van der Waals surface area contributed by atoms with Gasteiger partial charge in [0.05, 0.1) is 17.1 Å². The zero-order chi connectivity index (χ0) is 18.1. The van der Waals surface area contributed by atoms with E-state index < -0.39 is 0 Å². The third kappa shape index (κ3) is 3.07. The fraction of sp³-hybridized carbons (Fsp3) is 0.318. The van der Waals surface area contributed by atoms with E-state index in [4.69, 9.17) is 0 Å². The maximum Gasteiger partial charge on any atom is 0.255 e. The van der Waals surface area contributed by atoms with E-state index in [0.717, 1.165) is 59.1 Å². The van der Waals surface area contributed by atoms with Crippen molar-refractivity contribution in [1.82, 2.24) is 14.9 Å². The summed E-state index contributed by atoms with van der Waals surface area (Å²) < 4.78 is 0. The topological polar surface area (TPSA) is 46.1 Å². The molecule has 26 heavy (non-hydrogen) atoms. The molecule has 0 radical (unpaired) electrons. The van der Waals surface area contributed by atoms with E-state index in [-0.39, 0.29) is 11.9 Å². The average molecular weight is 345 g/mol. The Morgan fingerprint density at radius 3 is 2.85 bits per heavy atom. The van der Waals surface area contributed by atoms with Crippen LogP contribution in [0.2, 0.25) is 0 Å². The zero-order valence-corrected chi connectivity index (χ0v) is 15.3. The van der Waals surface area contributed by atoms with Crippen molar-refractivity contribution in [3.8, 4) is 0 Å². The van der Waals surface area contributed by atoms with Crippen LogP contribution in [0.5, 0.6) is 0 Å². The maximum atomic E-state index is 13.5. The summed E-state index contributed by atoms with van der Waals surface area (Å²) in [6.45, 7) is 4.78. The molecule has 1 aliphatic rings. The molecule has 1 amide bonds. The first-order valence-electron chi connectivity index (χ1n) is 9.22. The fourth-order valence-corrected chi connectivity index (χ4v) is 3.90. The van der Waals surface area contributed by atoms with E-state index in [9.17, 15) is 4.79 Å². The predicted molar refractivity (Wildman–Crippen MR) is 103 cm³/mol. The number of amides is 1. The van der Waals surface area contributed by atoms with Gasteiger partial charge in [0.15, 0.2) is 0 Å². The van der Waals surface area contributed by atoms with E-state index in [0.29, 0.717) is 0 Å². The molecular weight excluding hydrogens is 322 g/mol. The monoisotopic (exact) mass is 345 g/mol. The van der Waals surface area contributed by atoms with Crippen molar-refractivity contribution in [3.63, 3.8) is 0 Å². The Labute approximate surface area is 153 Å². The van der Waals surface area contributed by atoms with Gasteiger partial charge in [-0.2, -0.15) is 0 Å². The van der Waals surface area contributed by atoms with Gasteiger partial charge in [0.25, 0.3) is 5.91 Å². The molecule has 132 valence electrons. The average Bonchev–Trinajstić information content (AvgIpc) is 2.68. The molecule has 0 N–H and O–H groups in total. The lowest BCUT2D eigenvalue weighted by atomic mass is 9.94. The first-order chi connectivity index (χ1) is 12.6. The molecule has 1 aliphatic heterocycles. The van der Waals surface area contributed by atoms with Crippen LogP contribution in [-0.2, 0) is 0 Å². The summed E-state index contributed by atoms with van der Waals surface area (Å²) in [7, 11) is 0. The first kappa shape index (κ1) is 16.7. The lowest BCUT2D eigenvalue weighted by molar-refractivity contribution is 0.0613. The largest absolute Gasteiger partial charge is 0.332 e. The third-order valence-corrected chi connectivity index (χ3v) is 5.16. The lowest BCUT2D eigenvalue weighted by Gasteiger charge is -2.36. The number of fused-ring (bicyclic) bond motifs is 1. The van der Waals surface area contributed by atoms with Crippen LogP contribution >= 0.6 is 0 Å². The van der Waals surface area contributed by atoms with Crippen molar-refractivity contribution in [2.45, 2.75) is 39.2 Å². The normalized spacial score (nSPS) is 17.5. The van der Waals surface area contributed by atoms with E-state index in [1.807, 2.05) is 49.2 Å². The van der Waals surface area contributed by atoms with Crippen molar-refractivity contribution in [3.05, 3.63) is 71.2 Å². The number of pyridine rings is 2. The number of nitrogens with zero attached hydrogens (tertiary/aromatic N) is 3. The molecule has 3 heterocycles. The summed E-state index contributed by atoms with van der Waals surface area (Å²) in [6, 6.07) is 12.2. The van der Waals surface area contributed by atoms with Crippen molar-refractivity contribution >= 4 is 16.8 Å². The number of aryl methyl sites for hydroxylation is 2. The highest BCUT2D eigenvalue weighted by atomic mass is 16.2. The fourth-order valence-electron chi connectivity index (χ4n) is 3.90. The standard InChI is InChI=1S/C22H23N3O/c1-15-8-9-20-18(12-15)19(13-16(2)24-20)22(26)25-11-4-3-7-21(25)17-6-5-10-23-14-17/h5-6,8-10,12-14,21H,3-4,7,11H2,1-2H3/t21-/m0/s1. The van der Waals surface area contributed by atoms with Crippen LogP contribution in [0.4, 0.5) is 0 Å². The van der Waals surface area contributed by atoms with Crippen molar-refractivity contribution in [1.29, 1.82) is 0 Å². The Balaban J connectivity index is 1.79. The van der Waals surface area contributed by atoms with Gasteiger partial charge in [-0.05, 0) is 62.9 Å². The highest BCUT2D eigenvalue weighted by Gasteiger charge is 2.29. The van der Waals surface area contributed by atoms with Crippen molar-refractivity contribution in [2.24, 2.45) is 0 Å². The SMILES string of the molecule is Cc1ccc2nc(C)cc(C(=O)N3CCCC[C@H]3c3cccnc3)c2c1. The van der Waals surface area contributed by atoms with Gasteiger partial charge in [-0.15, -0.1) is 0 Å². The molecule has 0 aliphatic carbocycles. The van der Waals surface area contributed by atoms with Gasteiger partial charge in [0.1, 0.15) is 0 Å². The van der Waals surface area contributed by atoms with Crippen LogP contribution in [0.25, 0.3) is 10.9 Å². The van der Waals surface area contributed by atoms with Crippen LogP contribution in [-0.4, -0.2) is 27.3 Å². The number of likely N-dealkylation sites (tertiary alicyclic amines) is 1. The molecular formula is C22H23N3O. The number of rotatable bonds is 2. The molecule has 2 aromatic heterocycles. The van der Waals surface area contributed by atoms with Gasteiger partial charge in [-0.3, -0.25) is 14.8 Å². The number of hydrogen-bond acceptors (Lipinski definition) is 3. The summed E-state index contributed by atoms with van der Waals surface area (Å²) in [5.41, 5.74) is 4.77. The number of benzene rings is 1. The van der Waals surface area contributed by atoms with E-state index >= 15 is 0 Å². The molecule has 4 nitrogen and oxygen atoms in total. The second-order valence-electron chi connectivity index (χ2n) is 7.13. The Morgan fingerprint density at radius 1 is 1.15 bits per heavy atom. The molecule has 0 spiro atoms. The Bertz CT molecular complexity index is 952. The highest BCUT2D eigenvalue weighted by Crippen LogP contribution is 2.33. The minimum atomic E-state index is 0.0956. The molecule has 1 saturated heterocycles. The molecule has 1 aromatic carbocycles. The van der Waals surface area contributed by atoms with E-state index in [2.05, 4.69) is 22.1 Å². The molecule has 0 bridgehead atoms. The number of aromatic nitrogens is 2. The van der Waals surface area contributed by atoms with Crippen LogP contribution < -0.4 is 0 Å². The van der Waals surface area contributed by atoms with Crippen molar-refractivity contribution < 1.29 is 4.79 Å². The van der Waals surface area contributed by atoms with Crippen LogP contribution in [0, 0.1) is 13.8 Å². The number of carbonyl (C=O) groups excluding carboxylic acids is 1. The molecule has 1 fully saturated rings. The van der Waals surface area contributed by atoms with Crippen LogP contribution in [0.15, 0.2) is 48.8 Å². The molecule has 0 unspecified atom stereocenters. The zero-order valence-electron chi connectivity index (χ0n) is 15.3. The summed E-state index contributed by atoms with van der Waals surface area (Å²) in [5, 5.41) is 0.941. The number of carbonyl (C=O) groups is 1. The first-order valence-corrected chi connectivity index (χ1v) is 9.22. The Hall–Kier alpha value is -2.75. The summed E-state index contributed by atoms with van der Waals surface area (Å²) >= 11 is 0. The Morgan fingerprint density at radius 2 is 2.04 bits per heavy atom. The summed E-state index contributed by atoms with van der Waals surface area (Å²) in [6.07, 6.45) is 6.83. The van der Waals surface area contributed by atoms with Crippen LogP contribution in [0.3, 0.4) is 0 Å². The minimum absolute atomic E-state index is 0.0956. The van der Waals surface area contributed by atoms with Gasteiger partial charge in [0.2, 0.25) is 0 Å². The molecule has 1 atom stereocenters. The summed E-state index contributed by atoms with van der Waals surface area (Å²) in [4.78, 5) is 24.4. The molecule has 0 saturated carbocycles. The van der Waals surface area contributed by atoms with Gasteiger partial charge in [-0.1, -0.05) is 17.7 Å². The van der Waals surface area contributed by atoms with Crippen molar-refractivity contribution in [2.75, 3.05) is 6.54 Å². The molecule has 4 heteroatoms. The Kier molecular flexibility index (Phi) is 4.41. The van der Waals surface area contributed by atoms with Gasteiger partial charge >= 0.3 is 0 Å². The second kappa shape index (κ2) is 6.87. The predicted octanol–water partition coefficient (Wildman–Crippen LogP) is 4.61. The smallest absolute Gasteiger partial charge is 0.255 e. The summed E-state index contributed by atoms with van der Waals surface area (Å²) in [5.74, 6) is 0.0969. The lowest BCUT2D eigenvalue weighted by Crippen LogP contribution is -2.38. The van der Waals surface area contributed by atoms with E-state index in [1.54, 1.807) is 6.20 Å².